The van der Waals surface area contributed by atoms with Crippen LogP contribution in [0.1, 0.15) is 0 Å². The topological polar surface area (TPSA) is 29.9 Å². The third-order valence-electron chi connectivity index (χ3n) is 2.63. The van der Waals surface area contributed by atoms with Crippen molar-refractivity contribution >= 4 is 16.7 Å². The molecule has 2 heterocycles. The molecule has 0 saturated carbocycles. The normalized spacial score (nSPS) is 15.0. The molecule has 0 aliphatic carbocycles. The maximum absolute atomic E-state index is 4.36. The smallest absolute Gasteiger partial charge is 0.100 e. The number of para-hydroxylation sites is 2. The van der Waals surface area contributed by atoms with E-state index in [9.17, 15) is 0 Å². The fourth-order valence-electron chi connectivity index (χ4n) is 1.84. The molecule has 78 valence electrons. The first kappa shape index (κ1) is 8.97. The van der Waals surface area contributed by atoms with Gasteiger partial charge in [-0.2, -0.15) is 0 Å². The van der Waals surface area contributed by atoms with Crippen LogP contribution < -0.4 is 5.32 Å². The average molecular weight is 209 g/mol. The van der Waals surface area contributed by atoms with Gasteiger partial charge in [-0.1, -0.05) is 18.7 Å². The second-order valence-electron chi connectivity index (χ2n) is 3.64. The lowest BCUT2D eigenvalue weighted by Gasteiger charge is -2.15. The summed E-state index contributed by atoms with van der Waals surface area (Å²) in [4.78, 5) is 4.36. The van der Waals surface area contributed by atoms with E-state index in [1.165, 1.54) is 0 Å². The zero-order chi connectivity index (χ0) is 11.0. The molecule has 16 heavy (non-hydrogen) atoms. The number of nitrogens with one attached hydrogen (secondary N) is 1. The van der Waals surface area contributed by atoms with Crippen LogP contribution in [0.15, 0.2) is 61.2 Å². The van der Waals surface area contributed by atoms with Gasteiger partial charge in [-0.25, -0.2) is 4.98 Å². The van der Waals surface area contributed by atoms with Crippen molar-refractivity contribution in [3.05, 3.63) is 61.2 Å². The molecule has 1 aromatic heterocycles. The van der Waals surface area contributed by atoms with Gasteiger partial charge in [0.1, 0.15) is 6.33 Å². The van der Waals surface area contributed by atoms with Crippen molar-refractivity contribution in [2.75, 3.05) is 0 Å². The Hall–Kier alpha value is -2.29. The molecule has 0 radical (unpaired) electrons. The van der Waals surface area contributed by atoms with Crippen molar-refractivity contribution in [2.45, 2.75) is 0 Å². The van der Waals surface area contributed by atoms with Crippen LogP contribution in [0.2, 0.25) is 0 Å². The molecule has 0 amide bonds. The van der Waals surface area contributed by atoms with Gasteiger partial charge in [-0.3, -0.25) is 4.57 Å². The van der Waals surface area contributed by atoms with Crippen LogP contribution in [0.5, 0.6) is 0 Å². The molecule has 0 unspecified atom stereocenters. The summed E-state index contributed by atoms with van der Waals surface area (Å²) in [6.07, 6.45) is 7.67. The number of rotatable bonds is 1. The highest BCUT2D eigenvalue weighted by molar-refractivity contribution is 5.82. The van der Waals surface area contributed by atoms with E-state index in [0.717, 1.165) is 22.4 Å². The van der Waals surface area contributed by atoms with E-state index in [4.69, 9.17) is 0 Å². The number of nitrogens with zero attached hydrogens (tertiary/aromatic N) is 2. The molecule has 3 nitrogen and oxygen atoms in total. The van der Waals surface area contributed by atoms with Gasteiger partial charge in [0.2, 0.25) is 0 Å². The van der Waals surface area contributed by atoms with E-state index in [1.807, 2.05) is 47.4 Å². The molecule has 1 N–H and O–H groups in total. The van der Waals surface area contributed by atoms with Crippen molar-refractivity contribution < 1.29 is 0 Å². The first-order valence-corrected chi connectivity index (χ1v) is 5.11. The maximum Gasteiger partial charge on any atom is 0.100 e. The Balaban J connectivity index is 2.23. The molecular weight excluding hydrogens is 198 g/mol. The number of benzene rings is 1. The summed E-state index contributed by atoms with van der Waals surface area (Å²) < 4.78 is 2.04. The Morgan fingerprint density at radius 3 is 3.00 bits per heavy atom. The van der Waals surface area contributed by atoms with Crippen molar-refractivity contribution in [1.82, 2.24) is 14.9 Å². The summed E-state index contributed by atoms with van der Waals surface area (Å²) in [6, 6.07) is 8.05. The van der Waals surface area contributed by atoms with Crippen LogP contribution in [-0.4, -0.2) is 9.55 Å². The minimum absolute atomic E-state index is 0.880. The number of dihydropyridines is 1. The highest BCUT2D eigenvalue weighted by atomic mass is 15.1. The molecule has 3 rings (SSSR count). The van der Waals surface area contributed by atoms with E-state index >= 15 is 0 Å². The summed E-state index contributed by atoms with van der Waals surface area (Å²) in [6.45, 7) is 3.98. The fourth-order valence-corrected chi connectivity index (χ4v) is 1.84. The summed E-state index contributed by atoms with van der Waals surface area (Å²) in [7, 11) is 0. The Kier molecular flexibility index (Phi) is 1.90. The number of imidazole rings is 1. The SMILES string of the molecule is C=C1NC=CC=C1n1cnc2ccccc21. The van der Waals surface area contributed by atoms with Gasteiger partial charge in [-0.15, -0.1) is 0 Å². The monoisotopic (exact) mass is 209 g/mol. The summed E-state index contributed by atoms with van der Waals surface area (Å²) in [5.41, 5.74) is 3.99. The van der Waals surface area contributed by atoms with Gasteiger partial charge in [0.05, 0.1) is 22.4 Å². The molecule has 1 aromatic carbocycles. The van der Waals surface area contributed by atoms with Gasteiger partial charge in [-0.05, 0) is 24.3 Å². The van der Waals surface area contributed by atoms with Crippen LogP contribution in [0.4, 0.5) is 0 Å². The number of fused-ring (bicyclic) bond motifs is 1. The second-order valence-corrected chi connectivity index (χ2v) is 3.64. The van der Waals surface area contributed by atoms with E-state index in [0.29, 0.717) is 0 Å². The van der Waals surface area contributed by atoms with Crippen LogP contribution in [0, 0.1) is 0 Å². The number of hydrogen-bond donors (Lipinski definition) is 1. The predicted octanol–water partition coefficient (Wildman–Crippen LogP) is 2.51. The minimum Gasteiger partial charge on any atom is -0.360 e. The second kappa shape index (κ2) is 3.38. The highest BCUT2D eigenvalue weighted by Crippen LogP contribution is 2.21. The minimum atomic E-state index is 0.880. The molecule has 1 aliphatic heterocycles. The maximum atomic E-state index is 4.36. The quantitative estimate of drug-likeness (QED) is 0.782. The average Bonchev–Trinajstić information content (AvgIpc) is 2.74. The molecule has 1 aliphatic rings. The van der Waals surface area contributed by atoms with Crippen LogP contribution in [-0.2, 0) is 0 Å². The molecule has 0 fully saturated rings. The standard InChI is InChI=1S/C13H11N3/c1-10-12(7-4-8-14-10)16-9-15-11-5-2-3-6-13(11)16/h2-9,14H,1H2. The van der Waals surface area contributed by atoms with E-state index in [1.54, 1.807) is 0 Å². The van der Waals surface area contributed by atoms with Crippen molar-refractivity contribution in [2.24, 2.45) is 0 Å². The first-order chi connectivity index (χ1) is 7.86. The summed E-state index contributed by atoms with van der Waals surface area (Å²) >= 11 is 0. The van der Waals surface area contributed by atoms with Crippen LogP contribution >= 0.6 is 0 Å². The zero-order valence-corrected chi connectivity index (χ0v) is 8.72. The Morgan fingerprint density at radius 1 is 1.25 bits per heavy atom. The molecule has 0 saturated heterocycles. The highest BCUT2D eigenvalue weighted by Gasteiger charge is 2.09. The van der Waals surface area contributed by atoms with Crippen LogP contribution in [0.25, 0.3) is 16.7 Å². The third kappa shape index (κ3) is 1.26. The number of aromatic nitrogens is 2. The van der Waals surface area contributed by atoms with E-state index in [2.05, 4.69) is 22.9 Å². The molecule has 2 aromatic rings. The lowest BCUT2D eigenvalue weighted by Crippen LogP contribution is -2.12. The summed E-state index contributed by atoms with van der Waals surface area (Å²) in [5.74, 6) is 0. The van der Waals surface area contributed by atoms with E-state index in [-0.39, 0.29) is 0 Å². The van der Waals surface area contributed by atoms with Gasteiger partial charge in [0.25, 0.3) is 0 Å². The number of allylic oxidation sites excluding steroid dienone is 3. The van der Waals surface area contributed by atoms with Crippen molar-refractivity contribution in [1.29, 1.82) is 0 Å². The van der Waals surface area contributed by atoms with Gasteiger partial charge in [0, 0.05) is 6.20 Å². The molecular formula is C13H11N3. The van der Waals surface area contributed by atoms with E-state index < -0.39 is 0 Å². The lowest BCUT2D eigenvalue weighted by molar-refractivity contribution is 1.03. The summed E-state index contributed by atoms with van der Waals surface area (Å²) in [5, 5.41) is 3.09. The Morgan fingerprint density at radius 2 is 2.12 bits per heavy atom. The van der Waals surface area contributed by atoms with Gasteiger partial charge in [0.15, 0.2) is 0 Å². The van der Waals surface area contributed by atoms with Gasteiger partial charge >= 0.3 is 0 Å². The molecule has 0 atom stereocenters. The zero-order valence-electron chi connectivity index (χ0n) is 8.72. The number of hydrogen-bond acceptors (Lipinski definition) is 2. The predicted molar refractivity (Wildman–Crippen MR) is 65.4 cm³/mol. The van der Waals surface area contributed by atoms with Crippen LogP contribution in [0.3, 0.4) is 0 Å². The lowest BCUT2D eigenvalue weighted by atomic mass is 10.2. The van der Waals surface area contributed by atoms with Crippen molar-refractivity contribution in [3.8, 4) is 0 Å². The Labute approximate surface area is 93.4 Å². The molecule has 3 heteroatoms. The van der Waals surface area contributed by atoms with Crippen molar-refractivity contribution in [3.63, 3.8) is 0 Å². The molecule has 0 spiro atoms. The largest absolute Gasteiger partial charge is 0.360 e. The fraction of sp³-hybridized carbons (Fsp3) is 0. The molecule has 0 bridgehead atoms. The van der Waals surface area contributed by atoms with Gasteiger partial charge < -0.3 is 5.32 Å². The Bertz CT molecular complexity index is 617. The third-order valence-corrected chi connectivity index (χ3v) is 2.63. The first-order valence-electron chi connectivity index (χ1n) is 5.11.